The number of rotatable bonds is 7. The van der Waals surface area contributed by atoms with Gasteiger partial charge in [0, 0.05) is 32.4 Å². The number of benzene rings is 2. The average Bonchev–Trinajstić information content (AvgIpc) is 2.53. The average molecular weight is 321 g/mol. The van der Waals surface area contributed by atoms with Crippen LogP contribution < -0.4 is 15.0 Å². The first-order chi connectivity index (χ1) is 10.6. The van der Waals surface area contributed by atoms with Gasteiger partial charge < -0.3 is 20.1 Å². The number of anilines is 2. The lowest BCUT2D eigenvalue weighted by molar-refractivity contribution is 0.113. The summed E-state index contributed by atoms with van der Waals surface area (Å²) in [5.41, 5.74) is 1.86. The Hall–Kier alpha value is -1.91. The first kappa shape index (κ1) is 16.5. The number of hydrogen-bond donors (Lipinski definition) is 2. The van der Waals surface area contributed by atoms with Crippen LogP contribution in [0.1, 0.15) is 0 Å². The number of para-hydroxylation sites is 1. The van der Waals surface area contributed by atoms with Gasteiger partial charge in [-0.15, -0.1) is 0 Å². The van der Waals surface area contributed by atoms with Crippen molar-refractivity contribution in [3.63, 3.8) is 0 Å². The molecule has 5 heteroatoms. The van der Waals surface area contributed by atoms with E-state index in [1.54, 1.807) is 0 Å². The Morgan fingerprint density at radius 3 is 2.73 bits per heavy atom. The van der Waals surface area contributed by atoms with Gasteiger partial charge in [-0.1, -0.05) is 29.8 Å². The number of hydrogen-bond acceptors (Lipinski definition) is 4. The van der Waals surface area contributed by atoms with Gasteiger partial charge in [0.25, 0.3) is 0 Å². The van der Waals surface area contributed by atoms with E-state index in [9.17, 15) is 5.11 Å². The van der Waals surface area contributed by atoms with Crippen molar-refractivity contribution in [3.8, 4) is 5.75 Å². The molecule has 2 rings (SSSR count). The largest absolute Gasteiger partial charge is 0.491 e. The van der Waals surface area contributed by atoms with Gasteiger partial charge in [-0.25, -0.2) is 0 Å². The number of aliphatic hydroxyl groups excluding tert-OH is 1. The summed E-state index contributed by atoms with van der Waals surface area (Å²) in [6, 6.07) is 15.2. The van der Waals surface area contributed by atoms with Gasteiger partial charge >= 0.3 is 0 Å². The van der Waals surface area contributed by atoms with Crippen LogP contribution in [0.5, 0.6) is 5.75 Å². The second-order valence-corrected chi connectivity index (χ2v) is 5.48. The molecule has 0 bridgehead atoms. The quantitative estimate of drug-likeness (QED) is 0.822. The van der Waals surface area contributed by atoms with Gasteiger partial charge in [0.1, 0.15) is 18.5 Å². The molecule has 2 N–H and O–H groups in total. The lowest BCUT2D eigenvalue weighted by Crippen LogP contribution is -2.33. The fraction of sp³-hybridized carbons (Fsp3) is 0.294. The van der Waals surface area contributed by atoms with Crippen LogP contribution in [0.15, 0.2) is 48.5 Å². The van der Waals surface area contributed by atoms with Crippen molar-refractivity contribution in [1.82, 2.24) is 0 Å². The molecule has 0 radical (unpaired) electrons. The lowest BCUT2D eigenvalue weighted by atomic mass is 10.2. The van der Waals surface area contributed by atoms with Crippen molar-refractivity contribution in [1.29, 1.82) is 0 Å². The number of ether oxygens (including phenoxy) is 1. The zero-order chi connectivity index (χ0) is 15.9. The van der Waals surface area contributed by atoms with E-state index in [2.05, 4.69) is 5.32 Å². The maximum Gasteiger partial charge on any atom is 0.121 e. The van der Waals surface area contributed by atoms with E-state index in [-0.39, 0.29) is 6.61 Å². The van der Waals surface area contributed by atoms with Gasteiger partial charge in [0.15, 0.2) is 0 Å². The van der Waals surface area contributed by atoms with Crippen molar-refractivity contribution < 1.29 is 9.84 Å². The monoisotopic (exact) mass is 320 g/mol. The molecule has 0 fully saturated rings. The minimum atomic E-state index is -0.612. The van der Waals surface area contributed by atoms with E-state index in [0.29, 0.717) is 11.6 Å². The highest BCUT2D eigenvalue weighted by Crippen LogP contribution is 2.24. The Balaban J connectivity index is 1.87. The molecule has 22 heavy (non-hydrogen) atoms. The van der Waals surface area contributed by atoms with Crippen molar-refractivity contribution in [2.45, 2.75) is 6.10 Å². The molecule has 0 spiro atoms. The predicted molar refractivity (Wildman–Crippen MR) is 92.2 cm³/mol. The third kappa shape index (κ3) is 4.55. The van der Waals surface area contributed by atoms with Crippen LogP contribution in [-0.4, -0.2) is 38.5 Å². The summed E-state index contributed by atoms with van der Waals surface area (Å²) in [7, 11) is 3.75. The summed E-state index contributed by atoms with van der Waals surface area (Å²) in [5.74, 6) is 0.728. The normalized spacial score (nSPS) is 11.8. The second kappa shape index (κ2) is 7.92. The van der Waals surface area contributed by atoms with Gasteiger partial charge in [-0.05, 0) is 24.3 Å². The summed E-state index contributed by atoms with van der Waals surface area (Å²) < 4.78 is 5.63. The highest BCUT2D eigenvalue weighted by atomic mass is 35.5. The Morgan fingerprint density at radius 1 is 1.23 bits per heavy atom. The summed E-state index contributed by atoms with van der Waals surface area (Å²) in [6.07, 6.45) is -0.612. The molecule has 0 amide bonds. The van der Waals surface area contributed by atoms with E-state index < -0.39 is 6.10 Å². The zero-order valence-electron chi connectivity index (χ0n) is 12.8. The molecule has 0 heterocycles. The number of nitrogens with one attached hydrogen (secondary N) is 1. The van der Waals surface area contributed by atoms with Gasteiger partial charge in [0.05, 0.1) is 10.7 Å². The molecule has 0 saturated carbocycles. The molecule has 118 valence electrons. The smallest absolute Gasteiger partial charge is 0.121 e. The van der Waals surface area contributed by atoms with Crippen LogP contribution >= 0.6 is 11.6 Å². The minimum absolute atomic E-state index is 0.224. The van der Waals surface area contributed by atoms with Crippen LogP contribution in [0.3, 0.4) is 0 Å². The van der Waals surface area contributed by atoms with Crippen LogP contribution in [0.2, 0.25) is 5.02 Å². The van der Waals surface area contributed by atoms with Crippen molar-refractivity contribution >= 4 is 23.0 Å². The summed E-state index contributed by atoms with van der Waals surface area (Å²) in [5, 5.41) is 13.9. The maximum atomic E-state index is 10.1. The molecule has 0 aliphatic heterocycles. The van der Waals surface area contributed by atoms with Crippen LogP contribution in [0.25, 0.3) is 0 Å². The van der Waals surface area contributed by atoms with Crippen LogP contribution in [-0.2, 0) is 0 Å². The Bertz CT molecular complexity index is 607. The van der Waals surface area contributed by atoms with Crippen LogP contribution in [0.4, 0.5) is 11.4 Å². The summed E-state index contributed by atoms with van der Waals surface area (Å²) in [4.78, 5) is 1.92. The fourth-order valence-corrected chi connectivity index (χ4v) is 2.44. The highest BCUT2D eigenvalue weighted by molar-refractivity contribution is 6.33. The summed E-state index contributed by atoms with van der Waals surface area (Å²) in [6.45, 7) is 0.664. The number of halogens is 1. The number of likely N-dealkylation sites (N-methyl/N-ethyl adjacent to an activating group) is 1. The van der Waals surface area contributed by atoms with E-state index in [4.69, 9.17) is 16.3 Å². The number of nitrogens with zero attached hydrogens (tertiary/aromatic N) is 1. The SMILES string of the molecule is CNc1cccc(OCC(O)CN(C)c2ccccc2Cl)c1. The van der Waals surface area contributed by atoms with E-state index in [1.807, 2.05) is 67.5 Å². The van der Waals surface area contributed by atoms with Crippen molar-refractivity contribution in [2.75, 3.05) is 37.5 Å². The maximum absolute atomic E-state index is 10.1. The molecule has 1 unspecified atom stereocenters. The van der Waals surface area contributed by atoms with Gasteiger partial charge in [-0.3, -0.25) is 0 Å². The standard InChI is InChI=1S/C17H21ClN2O2/c1-19-13-6-5-7-15(10-13)22-12-14(21)11-20(2)17-9-4-3-8-16(17)18/h3-10,14,19,21H,11-12H2,1-2H3. The Kier molecular flexibility index (Phi) is 5.92. The van der Waals surface area contributed by atoms with E-state index in [1.165, 1.54) is 0 Å². The van der Waals surface area contributed by atoms with Crippen molar-refractivity contribution in [2.24, 2.45) is 0 Å². The molecule has 0 aliphatic carbocycles. The third-order valence-corrected chi connectivity index (χ3v) is 3.63. The summed E-state index contributed by atoms with van der Waals surface area (Å²) >= 11 is 6.15. The zero-order valence-corrected chi connectivity index (χ0v) is 13.5. The van der Waals surface area contributed by atoms with Crippen molar-refractivity contribution in [3.05, 3.63) is 53.6 Å². The Labute approximate surface area is 136 Å². The van der Waals surface area contributed by atoms with Gasteiger partial charge in [0.2, 0.25) is 0 Å². The fourth-order valence-electron chi connectivity index (χ4n) is 2.16. The molecular weight excluding hydrogens is 300 g/mol. The second-order valence-electron chi connectivity index (χ2n) is 5.07. The first-order valence-corrected chi connectivity index (χ1v) is 7.52. The number of aliphatic hydroxyl groups is 1. The molecule has 2 aromatic rings. The Morgan fingerprint density at radius 2 is 2.00 bits per heavy atom. The third-order valence-electron chi connectivity index (χ3n) is 3.31. The highest BCUT2D eigenvalue weighted by Gasteiger charge is 2.12. The van der Waals surface area contributed by atoms with E-state index >= 15 is 0 Å². The molecular formula is C17H21ClN2O2. The predicted octanol–water partition coefficient (Wildman–Crippen LogP) is 3.26. The molecule has 0 aliphatic rings. The van der Waals surface area contributed by atoms with E-state index in [0.717, 1.165) is 17.1 Å². The first-order valence-electron chi connectivity index (χ1n) is 7.14. The van der Waals surface area contributed by atoms with Crippen LogP contribution in [0, 0.1) is 0 Å². The molecule has 1 atom stereocenters. The molecule has 0 aromatic heterocycles. The molecule has 2 aromatic carbocycles. The molecule has 0 saturated heterocycles. The molecule has 4 nitrogen and oxygen atoms in total. The van der Waals surface area contributed by atoms with Gasteiger partial charge in [-0.2, -0.15) is 0 Å². The topological polar surface area (TPSA) is 44.7 Å². The minimum Gasteiger partial charge on any atom is -0.491 e. The lowest BCUT2D eigenvalue weighted by Gasteiger charge is -2.23.